The second-order valence-corrected chi connectivity index (χ2v) is 8.49. The molecule has 0 aromatic carbocycles. The van der Waals surface area contributed by atoms with E-state index >= 15 is 0 Å². The number of piperidine rings is 1. The minimum atomic E-state index is -0.220. The molecule has 2 amide bonds. The normalized spacial score (nSPS) is 24.5. The van der Waals surface area contributed by atoms with Crippen LogP contribution in [0, 0.1) is 11.8 Å². The van der Waals surface area contributed by atoms with Gasteiger partial charge < -0.3 is 24.4 Å². The quantitative estimate of drug-likeness (QED) is 0.735. The number of imidazole rings is 1. The van der Waals surface area contributed by atoms with E-state index in [1.54, 1.807) is 24.0 Å². The number of nitrogens with one attached hydrogen (secondary N) is 1. The van der Waals surface area contributed by atoms with Gasteiger partial charge in [-0.15, -0.1) is 0 Å². The summed E-state index contributed by atoms with van der Waals surface area (Å²) in [6, 6.07) is 0. The number of ether oxygens (including phenoxy) is 1. The maximum absolute atomic E-state index is 12.3. The molecule has 8 heteroatoms. The maximum atomic E-state index is 12.3. The summed E-state index contributed by atoms with van der Waals surface area (Å²) in [7, 11) is 1.79. The van der Waals surface area contributed by atoms with Crippen LogP contribution in [0.25, 0.3) is 0 Å². The number of aryl methyl sites for hydroxylation is 1. The van der Waals surface area contributed by atoms with E-state index in [1.165, 1.54) is 19.4 Å². The van der Waals surface area contributed by atoms with Crippen LogP contribution in [-0.4, -0.2) is 83.1 Å². The lowest BCUT2D eigenvalue weighted by Gasteiger charge is -2.38. The van der Waals surface area contributed by atoms with Crippen LogP contribution in [0.15, 0.2) is 12.4 Å². The highest BCUT2D eigenvalue weighted by molar-refractivity contribution is 5.90. The van der Waals surface area contributed by atoms with Crippen molar-refractivity contribution in [1.29, 1.82) is 0 Å². The van der Waals surface area contributed by atoms with Crippen molar-refractivity contribution >= 4 is 11.8 Å². The molecule has 2 saturated heterocycles. The summed E-state index contributed by atoms with van der Waals surface area (Å²) < 4.78 is 7.32. The molecule has 4 rings (SSSR count). The van der Waals surface area contributed by atoms with Crippen molar-refractivity contribution in [2.75, 3.05) is 45.9 Å². The van der Waals surface area contributed by atoms with Gasteiger partial charge in [0, 0.05) is 45.6 Å². The molecule has 1 saturated carbocycles. The molecule has 1 N–H and O–H groups in total. The van der Waals surface area contributed by atoms with Crippen LogP contribution in [0.3, 0.4) is 0 Å². The van der Waals surface area contributed by atoms with E-state index in [-0.39, 0.29) is 24.5 Å². The minimum Gasteiger partial charge on any atom is -0.365 e. The molecule has 0 radical (unpaired) electrons. The fourth-order valence-corrected chi connectivity index (χ4v) is 4.18. The van der Waals surface area contributed by atoms with Crippen molar-refractivity contribution in [2.24, 2.45) is 18.9 Å². The average molecular weight is 390 g/mol. The van der Waals surface area contributed by atoms with Gasteiger partial charge in [-0.05, 0) is 50.6 Å². The highest BCUT2D eigenvalue weighted by Gasteiger charge is 2.31. The Morgan fingerprint density at radius 2 is 1.96 bits per heavy atom. The molecular weight excluding hydrogens is 358 g/mol. The Balaban J connectivity index is 1.21. The van der Waals surface area contributed by atoms with Gasteiger partial charge in [0.25, 0.3) is 5.91 Å². The third-order valence-electron chi connectivity index (χ3n) is 6.13. The van der Waals surface area contributed by atoms with Gasteiger partial charge >= 0.3 is 0 Å². The van der Waals surface area contributed by atoms with Gasteiger partial charge in [0.1, 0.15) is 6.61 Å². The summed E-state index contributed by atoms with van der Waals surface area (Å²) in [5.41, 5.74) is 0. The number of amides is 2. The van der Waals surface area contributed by atoms with Gasteiger partial charge in [-0.1, -0.05) is 0 Å². The van der Waals surface area contributed by atoms with Crippen molar-refractivity contribution < 1.29 is 14.3 Å². The summed E-state index contributed by atoms with van der Waals surface area (Å²) in [6.45, 7) is 5.41. The third-order valence-corrected chi connectivity index (χ3v) is 6.13. The van der Waals surface area contributed by atoms with E-state index in [0.29, 0.717) is 24.8 Å². The fourth-order valence-electron chi connectivity index (χ4n) is 4.18. The Hall–Kier alpha value is -1.93. The van der Waals surface area contributed by atoms with E-state index in [2.05, 4.69) is 15.2 Å². The first-order valence-corrected chi connectivity index (χ1v) is 10.5. The molecule has 1 atom stereocenters. The van der Waals surface area contributed by atoms with Crippen molar-refractivity contribution in [2.45, 2.75) is 31.8 Å². The molecule has 1 aliphatic carbocycles. The summed E-state index contributed by atoms with van der Waals surface area (Å²) >= 11 is 0. The Morgan fingerprint density at radius 3 is 2.64 bits per heavy atom. The highest BCUT2D eigenvalue weighted by Crippen LogP contribution is 2.31. The smallest absolute Gasteiger partial charge is 0.287 e. The first-order valence-electron chi connectivity index (χ1n) is 10.5. The van der Waals surface area contributed by atoms with E-state index in [4.69, 9.17) is 4.74 Å². The molecular formula is C20H31N5O3. The number of nitrogens with zero attached hydrogens (tertiary/aromatic N) is 4. The minimum absolute atomic E-state index is 0.0621. The van der Waals surface area contributed by atoms with E-state index in [9.17, 15) is 9.59 Å². The largest absolute Gasteiger partial charge is 0.365 e. The van der Waals surface area contributed by atoms with E-state index in [1.807, 2.05) is 4.90 Å². The summed E-state index contributed by atoms with van der Waals surface area (Å²) in [6.07, 6.45) is 8.30. The lowest BCUT2D eigenvalue weighted by atomic mass is 9.95. The number of morpholine rings is 1. The zero-order valence-corrected chi connectivity index (χ0v) is 16.7. The molecule has 154 valence electrons. The lowest BCUT2D eigenvalue weighted by Crippen LogP contribution is -2.52. The SMILES string of the molecule is Cn1ccnc1C(=O)NC[C@@H]1CN(CC2CCN(CC3CC3)CC2)C(=O)CO1. The molecule has 1 aromatic heterocycles. The highest BCUT2D eigenvalue weighted by atomic mass is 16.5. The molecule has 0 unspecified atom stereocenters. The third kappa shape index (κ3) is 4.91. The van der Waals surface area contributed by atoms with Crippen LogP contribution in [0.4, 0.5) is 0 Å². The van der Waals surface area contributed by atoms with E-state index in [0.717, 1.165) is 38.4 Å². The van der Waals surface area contributed by atoms with Crippen LogP contribution in [0.2, 0.25) is 0 Å². The topological polar surface area (TPSA) is 79.7 Å². The maximum Gasteiger partial charge on any atom is 0.287 e. The zero-order chi connectivity index (χ0) is 19.5. The fraction of sp³-hybridized carbons (Fsp3) is 0.750. The van der Waals surface area contributed by atoms with Crippen LogP contribution >= 0.6 is 0 Å². The lowest BCUT2D eigenvalue weighted by molar-refractivity contribution is -0.149. The first-order chi connectivity index (χ1) is 13.6. The van der Waals surface area contributed by atoms with Gasteiger partial charge in [0.2, 0.25) is 5.91 Å². The number of aromatic nitrogens is 2. The summed E-state index contributed by atoms with van der Waals surface area (Å²) in [4.78, 5) is 33.1. The zero-order valence-electron chi connectivity index (χ0n) is 16.7. The Kier molecular flexibility index (Phi) is 5.96. The van der Waals surface area contributed by atoms with Crippen molar-refractivity contribution in [1.82, 2.24) is 24.7 Å². The molecule has 3 fully saturated rings. The molecule has 0 spiro atoms. The van der Waals surface area contributed by atoms with Gasteiger partial charge in [0.15, 0.2) is 5.82 Å². The van der Waals surface area contributed by atoms with Gasteiger partial charge in [-0.2, -0.15) is 0 Å². The molecule has 2 aliphatic heterocycles. The number of rotatable bonds is 7. The number of carbonyl (C=O) groups excluding carboxylic acids is 2. The van der Waals surface area contributed by atoms with Crippen LogP contribution in [0.5, 0.6) is 0 Å². The Labute approximate surface area is 166 Å². The number of hydrogen-bond acceptors (Lipinski definition) is 5. The van der Waals surface area contributed by atoms with Crippen molar-refractivity contribution in [3.8, 4) is 0 Å². The van der Waals surface area contributed by atoms with Crippen molar-refractivity contribution in [3.05, 3.63) is 18.2 Å². The molecule has 3 aliphatic rings. The van der Waals surface area contributed by atoms with Crippen LogP contribution < -0.4 is 5.32 Å². The molecule has 1 aromatic rings. The average Bonchev–Trinajstić information content (AvgIpc) is 3.41. The predicted molar refractivity (Wildman–Crippen MR) is 104 cm³/mol. The van der Waals surface area contributed by atoms with E-state index < -0.39 is 0 Å². The van der Waals surface area contributed by atoms with Crippen molar-refractivity contribution in [3.63, 3.8) is 0 Å². The molecule has 3 heterocycles. The molecule has 8 nitrogen and oxygen atoms in total. The standard InChI is InChI=1S/C20H31N5O3/c1-23-9-6-21-19(23)20(27)22-10-17-13-25(18(26)14-28-17)12-16-4-7-24(8-5-16)11-15-2-3-15/h6,9,15-17H,2-5,7-8,10-14H2,1H3,(H,22,27)/t17-/m1/s1. The summed E-state index contributed by atoms with van der Waals surface area (Å²) in [5, 5.41) is 2.87. The summed E-state index contributed by atoms with van der Waals surface area (Å²) in [5.74, 6) is 1.73. The first kappa shape index (κ1) is 19.4. The second kappa shape index (κ2) is 8.61. The van der Waals surface area contributed by atoms with Gasteiger partial charge in [0.05, 0.1) is 6.10 Å². The van der Waals surface area contributed by atoms with Gasteiger partial charge in [-0.3, -0.25) is 9.59 Å². The van der Waals surface area contributed by atoms with Gasteiger partial charge in [-0.25, -0.2) is 4.98 Å². The molecule has 0 bridgehead atoms. The molecule has 28 heavy (non-hydrogen) atoms. The predicted octanol–water partition coefficient (Wildman–Crippen LogP) is 0.499. The number of likely N-dealkylation sites (tertiary alicyclic amines) is 1. The monoisotopic (exact) mass is 389 g/mol. The number of carbonyl (C=O) groups is 2. The Morgan fingerprint density at radius 1 is 1.21 bits per heavy atom. The number of hydrogen-bond donors (Lipinski definition) is 1. The second-order valence-electron chi connectivity index (χ2n) is 8.49. The van der Waals surface area contributed by atoms with Crippen LogP contribution in [0.1, 0.15) is 36.3 Å². The van der Waals surface area contributed by atoms with Crippen LogP contribution in [-0.2, 0) is 16.6 Å². The Bertz CT molecular complexity index is 694.